The second kappa shape index (κ2) is 12.9. The van der Waals surface area contributed by atoms with Gasteiger partial charge in [0.05, 0.1) is 25.8 Å². The summed E-state index contributed by atoms with van der Waals surface area (Å²) in [5.74, 6) is 0.927. The van der Waals surface area contributed by atoms with Gasteiger partial charge in [0, 0.05) is 31.1 Å². The molecule has 0 aromatic carbocycles. The third kappa shape index (κ3) is 7.25. The van der Waals surface area contributed by atoms with Crippen LogP contribution in [-0.2, 0) is 4.74 Å². The number of nitrogens with one attached hydrogen (secondary N) is 2. The van der Waals surface area contributed by atoms with Crippen LogP contribution in [0.3, 0.4) is 0 Å². The zero-order valence-electron chi connectivity index (χ0n) is 14.8. The first-order chi connectivity index (χ1) is 11.3. The Bertz CT molecular complexity index is 449. The molecule has 0 amide bonds. The number of aliphatic imine (C=N–C) groups is 1. The van der Waals surface area contributed by atoms with Gasteiger partial charge in [-0.05, 0) is 24.8 Å². The normalized spacial score (nSPS) is 17.2. The van der Waals surface area contributed by atoms with Gasteiger partial charge in [-0.1, -0.05) is 19.4 Å². The van der Waals surface area contributed by atoms with E-state index in [0.717, 1.165) is 51.9 Å². The second-order valence-corrected chi connectivity index (χ2v) is 6.66. The van der Waals surface area contributed by atoms with Crippen molar-refractivity contribution in [3.63, 3.8) is 0 Å². The van der Waals surface area contributed by atoms with E-state index in [1.807, 2.05) is 11.3 Å². The minimum Gasteiger partial charge on any atom is -0.379 e. The number of hydrogen-bond donors (Lipinski definition) is 2. The molecule has 0 radical (unpaired) electrons. The van der Waals surface area contributed by atoms with Crippen LogP contribution in [0.4, 0.5) is 0 Å². The van der Waals surface area contributed by atoms with Crippen molar-refractivity contribution < 1.29 is 4.74 Å². The standard InChI is InChI=1S/C17H30N4OS.HI/c1-3-5-8-19-17(18-4-2)20-14-15(16-7-6-13-23-16)21-9-11-22-12-10-21;/h6-7,13,15H,3-5,8-12,14H2,1-2H3,(H2,18,19,20);1H. The molecule has 1 aliphatic rings. The van der Waals surface area contributed by atoms with Crippen LogP contribution in [0.5, 0.6) is 0 Å². The Morgan fingerprint density at radius 2 is 2.12 bits per heavy atom. The highest BCUT2D eigenvalue weighted by molar-refractivity contribution is 14.0. The van der Waals surface area contributed by atoms with E-state index in [0.29, 0.717) is 6.04 Å². The van der Waals surface area contributed by atoms with Crippen LogP contribution in [0.15, 0.2) is 22.5 Å². The van der Waals surface area contributed by atoms with Gasteiger partial charge in [-0.2, -0.15) is 0 Å². The molecule has 5 nitrogen and oxygen atoms in total. The minimum absolute atomic E-state index is 0. The van der Waals surface area contributed by atoms with E-state index in [1.165, 1.54) is 17.7 Å². The quantitative estimate of drug-likeness (QED) is 0.268. The number of rotatable bonds is 8. The SMILES string of the molecule is CCCCNC(=NCC(c1cccs1)N1CCOCC1)NCC.I. The number of hydrogen-bond acceptors (Lipinski definition) is 4. The topological polar surface area (TPSA) is 48.9 Å². The van der Waals surface area contributed by atoms with Gasteiger partial charge in [0.1, 0.15) is 0 Å². The van der Waals surface area contributed by atoms with Gasteiger partial charge in [0.2, 0.25) is 0 Å². The third-order valence-electron chi connectivity index (χ3n) is 3.95. The largest absolute Gasteiger partial charge is 0.379 e. The van der Waals surface area contributed by atoms with Crippen molar-refractivity contribution in [3.05, 3.63) is 22.4 Å². The van der Waals surface area contributed by atoms with Crippen LogP contribution in [0.1, 0.15) is 37.6 Å². The molecule has 1 saturated heterocycles. The van der Waals surface area contributed by atoms with Crippen molar-refractivity contribution in [1.29, 1.82) is 0 Å². The molecule has 1 aromatic rings. The van der Waals surface area contributed by atoms with Crippen LogP contribution >= 0.6 is 35.3 Å². The molecule has 2 heterocycles. The lowest BCUT2D eigenvalue weighted by Gasteiger charge is -2.33. The molecular formula is C17H31IN4OS. The number of nitrogens with zero attached hydrogens (tertiary/aromatic N) is 2. The van der Waals surface area contributed by atoms with Crippen LogP contribution in [0, 0.1) is 0 Å². The summed E-state index contributed by atoms with van der Waals surface area (Å²) in [5, 5.41) is 8.92. The summed E-state index contributed by atoms with van der Waals surface area (Å²) in [6, 6.07) is 4.69. The smallest absolute Gasteiger partial charge is 0.191 e. The Morgan fingerprint density at radius 1 is 1.33 bits per heavy atom. The summed E-state index contributed by atoms with van der Waals surface area (Å²) in [6.07, 6.45) is 2.36. The van der Waals surface area contributed by atoms with Gasteiger partial charge in [0.25, 0.3) is 0 Å². The summed E-state index contributed by atoms with van der Waals surface area (Å²) >= 11 is 1.82. The van der Waals surface area contributed by atoms with E-state index in [1.54, 1.807) is 0 Å². The maximum absolute atomic E-state index is 5.50. The second-order valence-electron chi connectivity index (χ2n) is 5.68. The molecule has 24 heavy (non-hydrogen) atoms. The van der Waals surface area contributed by atoms with Gasteiger partial charge in [0.15, 0.2) is 5.96 Å². The average Bonchev–Trinajstić information content (AvgIpc) is 3.10. The van der Waals surface area contributed by atoms with Gasteiger partial charge in [-0.25, -0.2) is 0 Å². The predicted molar refractivity (Wildman–Crippen MR) is 114 cm³/mol. The molecule has 2 rings (SSSR count). The van der Waals surface area contributed by atoms with Crippen molar-refractivity contribution in [2.45, 2.75) is 32.7 Å². The molecule has 7 heteroatoms. The fourth-order valence-corrected chi connectivity index (χ4v) is 3.51. The molecule has 0 bridgehead atoms. The summed E-state index contributed by atoms with van der Waals surface area (Å²) in [6.45, 7) is 10.6. The fraction of sp³-hybridized carbons (Fsp3) is 0.706. The van der Waals surface area contributed by atoms with Gasteiger partial charge in [-0.3, -0.25) is 9.89 Å². The van der Waals surface area contributed by atoms with Crippen molar-refractivity contribution in [2.24, 2.45) is 4.99 Å². The molecular weight excluding hydrogens is 435 g/mol. The number of guanidine groups is 1. The Hall–Kier alpha value is -0.380. The number of morpholine rings is 1. The van der Waals surface area contributed by atoms with Crippen LogP contribution in [0.2, 0.25) is 0 Å². The van der Waals surface area contributed by atoms with Crippen LogP contribution in [-0.4, -0.2) is 56.8 Å². The Morgan fingerprint density at radius 3 is 2.75 bits per heavy atom. The Kier molecular flexibility index (Phi) is 11.7. The molecule has 1 aromatic heterocycles. The Labute approximate surface area is 167 Å². The van der Waals surface area contributed by atoms with Crippen molar-refractivity contribution in [3.8, 4) is 0 Å². The predicted octanol–water partition coefficient (Wildman–Crippen LogP) is 3.09. The monoisotopic (exact) mass is 466 g/mol. The first kappa shape index (κ1) is 21.7. The highest BCUT2D eigenvalue weighted by Crippen LogP contribution is 2.26. The molecule has 0 aliphatic carbocycles. The summed E-state index contributed by atoms with van der Waals surface area (Å²) in [4.78, 5) is 8.72. The first-order valence-electron chi connectivity index (χ1n) is 8.72. The lowest BCUT2D eigenvalue weighted by molar-refractivity contribution is 0.0186. The number of halogens is 1. The summed E-state index contributed by atoms with van der Waals surface area (Å²) in [7, 11) is 0. The van der Waals surface area contributed by atoms with Crippen molar-refractivity contribution >= 4 is 41.3 Å². The van der Waals surface area contributed by atoms with Gasteiger partial charge in [-0.15, -0.1) is 35.3 Å². The summed E-state index contributed by atoms with van der Waals surface area (Å²) < 4.78 is 5.50. The van der Waals surface area contributed by atoms with Crippen molar-refractivity contribution in [1.82, 2.24) is 15.5 Å². The van der Waals surface area contributed by atoms with E-state index >= 15 is 0 Å². The van der Waals surface area contributed by atoms with Crippen LogP contribution in [0.25, 0.3) is 0 Å². The van der Waals surface area contributed by atoms with Gasteiger partial charge < -0.3 is 15.4 Å². The van der Waals surface area contributed by atoms with E-state index in [9.17, 15) is 0 Å². The number of thiophene rings is 1. The molecule has 0 spiro atoms. The third-order valence-corrected chi connectivity index (χ3v) is 4.92. The number of unbranched alkanes of at least 4 members (excludes halogenated alkanes) is 1. The minimum atomic E-state index is 0. The highest BCUT2D eigenvalue weighted by Gasteiger charge is 2.23. The average molecular weight is 466 g/mol. The number of ether oxygens (including phenoxy) is 1. The van der Waals surface area contributed by atoms with E-state index in [2.05, 4.69) is 46.9 Å². The molecule has 1 atom stereocenters. The van der Waals surface area contributed by atoms with E-state index in [4.69, 9.17) is 9.73 Å². The lowest BCUT2D eigenvalue weighted by Crippen LogP contribution is -2.41. The maximum atomic E-state index is 5.50. The Balaban J connectivity index is 0.00000288. The molecule has 2 N–H and O–H groups in total. The molecule has 1 unspecified atom stereocenters. The fourth-order valence-electron chi connectivity index (χ4n) is 2.66. The first-order valence-corrected chi connectivity index (χ1v) is 9.60. The summed E-state index contributed by atoms with van der Waals surface area (Å²) in [5.41, 5.74) is 0. The molecule has 1 fully saturated rings. The van der Waals surface area contributed by atoms with Crippen molar-refractivity contribution in [2.75, 3.05) is 45.9 Å². The highest BCUT2D eigenvalue weighted by atomic mass is 127. The van der Waals surface area contributed by atoms with E-state index in [-0.39, 0.29) is 24.0 Å². The van der Waals surface area contributed by atoms with Gasteiger partial charge >= 0.3 is 0 Å². The lowest BCUT2D eigenvalue weighted by atomic mass is 10.2. The molecule has 0 saturated carbocycles. The van der Waals surface area contributed by atoms with Crippen LogP contribution < -0.4 is 10.6 Å². The van der Waals surface area contributed by atoms with E-state index < -0.39 is 0 Å². The molecule has 1 aliphatic heterocycles. The zero-order chi connectivity index (χ0) is 16.3. The maximum Gasteiger partial charge on any atom is 0.191 e. The zero-order valence-corrected chi connectivity index (χ0v) is 17.9. The molecule has 138 valence electrons.